The van der Waals surface area contributed by atoms with E-state index in [1.807, 2.05) is 0 Å². The van der Waals surface area contributed by atoms with Crippen molar-refractivity contribution in [1.82, 2.24) is 14.8 Å². The van der Waals surface area contributed by atoms with Crippen LogP contribution in [0.4, 0.5) is 39.4 Å². The summed E-state index contributed by atoms with van der Waals surface area (Å²) in [5.74, 6) is -0.676. The van der Waals surface area contributed by atoms with Gasteiger partial charge in [0.1, 0.15) is 11.5 Å². The fourth-order valence-electron chi connectivity index (χ4n) is 4.34. The van der Waals surface area contributed by atoms with Crippen molar-refractivity contribution in [1.29, 1.82) is 0 Å². The highest BCUT2D eigenvalue weighted by Gasteiger charge is 2.33. The number of benzene rings is 3. The topological polar surface area (TPSA) is 77.6 Å². The molecule has 0 spiro atoms. The maximum absolute atomic E-state index is 13.4. The Labute approximate surface area is 221 Å². The first-order chi connectivity index (χ1) is 18.7. The van der Waals surface area contributed by atoms with E-state index in [9.17, 15) is 27.2 Å². The Balaban J connectivity index is 1.22. The van der Waals surface area contributed by atoms with Gasteiger partial charge in [-0.1, -0.05) is 24.3 Å². The van der Waals surface area contributed by atoms with Crippen LogP contribution in [0.1, 0.15) is 16.1 Å². The van der Waals surface area contributed by atoms with Gasteiger partial charge >= 0.3 is 12.2 Å². The third kappa shape index (κ3) is 5.92. The summed E-state index contributed by atoms with van der Waals surface area (Å²) in [6.07, 6.45) is -4.60. The van der Waals surface area contributed by atoms with E-state index in [1.54, 1.807) is 58.3 Å². The van der Waals surface area contributed by atoms with Gasteiger partial charge in [0, 0.05) is 48.5 Å². The van der Waals surface area contributed by atoms with E-state index in [-0.39, 0.29) is 23.1 Å². The molecule has 3 amide bonds. The predicted molar refractivity (Wildman–Crippen MR) is 139 cm³/mol. The number of nitrogens with one attached hydrogen (secondary N) is 2. The number of para-hydroxylation sites is 1. The number of hydrogen-bond acceptors (Lipinski definition) is 4. The molecule has 2 heterocycles. The maximum Gasteiger partial charge on any atom is 0.433 e. The Morgan fingerprint density at radius 3 is 2.18 bits per heavy atom. The summed E-state index contributed by atoms with van der Waals surface area (Å²) in [5, 5.41) is 6.19. The summed E-state index contributed by atoms with van der Waals surface area (Å²) in [4.78, 5) is 32.4. The van der Waals surface area contributed by atoms with Gasteiger partial charge in [0.2, 0.25) is 0 Å². The van der Waals surface area contributed by atoms with E-state index in [0.717, 1.165) is 6.07 Å². The molecule has 0 saturated carbocycles. The summed E-state index contributed by atoms with van der Waals surface area (Å²) < 4.78 is 53.4. The lowest BCUT2D eigenvalue weighted by molar-refractivity contribution is -0.140. The Morgan fingerprint density at radius 1 is 0.795 bits per heavy atom. The third-order valence-corrected chi connectivity index (χ3v) is 6.35. The summed E-state index contributed by atoms with van der Waals surface area (Å²) >= 11 is 0. The number of amides is 3. The number of pyridine rings is 1. The van der Waals surface area contributed by atoms with Crippen LogP contribution < -0.4 is 10.6 Å². The van der Waals surface area contributed by atoms with Gasteiger partial charge in [0.15, 0.2) is 0 Å². The number of hydrogen-bond donors (Lipinski definition) is 2. The minimum Gasteiger partial charge on any atom is -0.355 e. The highest BCUT2D eigenvalue weighted by Crippen LogP contribution is 2.34. The van der Waals surface area contributed by atoms with E-state index in [2.05, 4.69) is 15.6 Å². The predicted octanol–water partition coefficient (Wildman–Crippen LogP) is 6.13. The van der Waals surface area contributed by atoms with Gasteiger partial charge < -0.3 is 20.4 Å². The van der Waals surface area contributed by atoms with Crippen LogP contribution in [0.15, 0.2) is 78.9 Å². The zero-order valence-corrected chi connectivity index (χ0v) is 20.5. The molecule has 0 unspecified atom stereocenters. The number of aromatic nitrogens is 1. The fourth-order valence-corrected chi connectivity index (χ4v) is 4.34. The third-order valence-electron chi connectivity index (χ3n) is 6.35. The zero-order chi connectivity index (χ0) is 27.6. The molecule has 7 nitrogen and oxygen atoms in total. The SMILES string of the molecule is O=C(Nc1cccc(F)c1)N1CCN(C(=O)c2ccc(Nc3cc(C(F)(F)F)nc4ccccc34)cc2)CC1. The second kappa shape index (κ2) is 10.6. The first kappa shape index (κ1) is 26.0. The lowest BCUT2D eigenvalue weighted by Gasteiger charge is -2.34. The molecule has 0 aliphatic carbocycles. The van der Waals surface area contributed by atoms with Gasteiger partial charge in [-0.3, -0.25) is 4.79 Å². The zero-order valence-electron chi connectivity index (χ0n) is 20.5. The molecule has 1 saturated heterocycles. The summed E-state index contributed by atoms with van der Waals surface area (Å²) in [6.45, 7) is 1.25. The van der Waals surface area contributed by atoms with Crippen molar-refractivity contribution in [2.45, 2.75) is 6.18 Å². The van der Waals surface area contributed by atoms with E-state index in [4.69, 9.17) is 0 Å². The van der Waals surface area contributed by atoms with Crippen LogP contribution in [0.3, 0.4) is 0 Å². The van der Waals surface area contributed by atoms with Crippen LogP contribution in [0.5, 0.6) is 0 Å². The number of carbonyl (C=O) groups is 2. The molecule has 0 bridgehead atoms. The monoisotopic (exact) mass is 537 g/mol. The molecule has 1 aromatic heterocycles. The molecule has 200 valence electrons. The van der Waals surface area contributed by atoms with Crippen LogP contribution in [-0.4, -0.2) is 52.9 Å². The number of fused-ring (bicyclic) bond motifs is 1. The van der Waals surface area contributed by atoms with Crippen molar-refractivity contribution in [3.8, 4) is 0 Å². The van der Waals surface area contributed by atoms with Crippen LogP contribution in [0.2, 0.25) is 0 Å². The Bertz CT molecular complexity index is 1520. The second-order valence-electron chi connectivity index (χ2n) is 8.99. The average molecular weight is 538 g/mol. The second-order valence-corrected chi connectivity index (χ2v) is 8.99. The van der Waals surface area contributed by atoms with Gasteiger partial charge in [-0.15, -0.1) is 0 Å². The van der Waals surface area contributed by atoms with Gasteiger partial charge in [-0.2, -0.15) is 13.2 Å². The average Bonchev–Trinajstić information content (AvgIpc) is 2.92. The molecule has 1 aliphatic heterocycles. The summed E-state index contributed by atoms with van der Waals surface area (Å²) in [5.41, 5.74) is 0.731. The van der Waals surface area contributed by atoms with E-state index in [0.29, 0.717) is 48.5 Å². The minimum atomic E-state index is -4.60. The van der Waals surface area contributed by atoms with Crippen molar-refractivity contribution in [3.05, 3.63) is 95.9 Å². The van der Waals surface area contributed by atoms with Crippen molar-refractivity contribution in [2.24, 2.45) is 0 Å². The number of urea groups is 1. The molecule has 3 aromatic carbocycles. The smallest absolute Gasteiger partial charge is 0.355 e. The normalized spacial score (nSPS) is 13.8. The Morgan fingerprint density at radius 2 is 1.49 bits per heavy atom. The van der Waals surface area contributed by atoms with Gasteiger partial charge in [0.25, 0.3) is 5.91 Å². The van der Waals surface area contributed by atoms with Gasteiger partial charge in [0.05, 0.1) is 11.2 Å². The molecule has 1 aliphatic rings. The van der Waals surface area contributed by atoms with E-state index in [1.165, 1.54) is 24.3 Å². The van der Waals surface area contributed by atoms with Crippen LogP contribution >= 0.6 is 0 Å². The number of alkyl halides is 3. The van der Waals surface area contributed by atoms with Gasteiger partial charge in [-0.25, -0.2) is 14.2 Å². The van der Waals surface area contributed by atoms with Crippen molar-refractivity contribution < 1.29 is 27.2 Å². The molecule has 2 N–H and O–H groups in total. The Kier molecular flexibility index (Phi) is 7.05. The minimum absolute atomic E-state index is 0.213. The fraction of sp³-hybridized carbons (Fsp3) is 0.179. The standard InChI is InChI=1S/C28H23F4N5O2/c29-19-4-3-5-21(16-19)34-27(39)37-14-12-36(13-15-37)26(38)18-8-10-20(11-9-18)33-24-17-25(28(30,31)32)35-23-7-2-1-6-22(23)24/h1-11,16-17H,12-15H2,(H,33,35)(H,34,39). The van der Waals surface area contributed by atoms with Gasteiger partial charge in [-0.05, 0) is 54.6 Å². The number of piperazine rings is 1. The first-order valence-electron chi connectivity index (χ1n) is 12.1. The van der Waals surface area contributed by atoms with Crippen LogP contribution in [-0.2, 0) is 6.18 Å². The molecule has 11 heteroatoms. The van der Waals surface area contributed by atoms with E-state index >= 15 is 0 Å². The Hall–Kier alpha value is -4.67. The number of carbonyl (C=O) groups excluding carboxylic acids is 2. The lowest BCUT2D eigenvalue weighted by atomic mass is 10.1. The molecular formula is C28H23F4N5O2. The molecule has 0 atom stereocenters. The molecule has 4 aromatic rings. The van der Waals surface area contributed by atoms with Crippen molar-refractivity contribution in [2.75, 3.05) is 36.8 Å². The van der Waals surface area contributed by atoms with Crippen molar-refractivity contribution in [3.63, 3.8) is 0 Å². The van der Waals surface area contributed by atoms with E-state index < -0.39 is 17.7 Å². The first-order valence-corrected chi connectivity index (χ1v) is 12.1. The molecule has 0 radical (unpaired) electrons. The largest absolute Gasteiger partial charge is 0.433 e. The molecule has 5 rings (SSSR count). The highest BCUT2D eigenvalue weighted by atomic mass is 19.4. The lowest BCUT2D eigenvalue weighted by Crippen LogP contribution is -2.51. The number of rotatable bonds is 4. The number of anilines is 3. The quantitative estimate of drug-likeness (QED) is 0.307. The van der Waals surface area contributed by atoms with Crippen LogP contribution in [0, 0.1) is 5.82 Å². The highest BCUT2D eigenvalue weighted by molar-refractivity contribution is 5.96. The number of nitrogens with zero attached hydrogens (tertiary/aromatic N) is 3. The summed E-state index contributed by atoms with van der Waals surface area (Å²) in [6, 6.07) is 19.2. The molecule has 39 heavy (non-hydrogen) atoms. The van der Waals surface area contributed by atoms with Crippen molar-refractivity contribution >= 4 is 39.9 Å². The summed E-state index contributed by atoms with van der Waals surface area (Å²) in [7, 11) is 0. The maximum atomic E-state index is 13.4. The number of halogens is 4. The van der Waals surface area contributed by atoms with Crippen LogP contribution in [0.25, 0.3) is 10.9 Å². The molecule has 1 fully saturated rings. The molecular weight excluding hydrogens is 514 g/mol.